The maximum absolute atomic E-state index is 6.12. The molecular weight excluding hydrogens is 340 g/mol. The maximum atomic E-state index is 6.12. The van der Waals surface area contributed by atoms with Gasteiger partial charge in [0.25, 0.3) is 0 Å². The van der Waals surface area contributed by atoms with Crippen LogP contribution in [0.25, 0.3) is 11.3 Å². The van der Waals surface area contributed by atoms with Crippen molar-refractivity contribution in [3.63, 3.8) is 0 Å². The third-order valence-corrected chi connectivity index (χ3v) is 4.22. The van der Waals surface area contributed by atoms with Crippen molar-refractivity contribution in [2.45, 2.75) is 13.0 Å². The van der Waals surface area contributed by atoms with Crippen molar-refractivity contribution < 1.29 is 9.26 Å². The summed E-state index contributed by atoms with van der Waals surface area (Å²) in [6.07, 6.45) is 5.65. The lowest BCUT2D eigenvalue weighted by Crippen LogP contribution is -2.02. The average molecular weight is 358 g/mol. The molecule has 2 N–H and O–H groups in total. The first kappa shape index (κ1) is 16.8. The van der Waals surface area contributed by atoms with Crippen LogP contribution in [0.15, 0.2) is 77.7 Å². The fourth-order valence-electron chi connectivity index (χ4n) is 2.83. The number of benzene rings is 1. The van der Waals surface area contributed by atoms with Crippen molar-refractivity contribution in [1.82, 2.24) is 15.1 Å². The summed E-state index contributed by atoms with van der Waals surface area (Å²) in [6, 6.07) is 17.5. The molecule has 6 nitrogen and oxygen atoms in total. The van der Waals surface area contributed by atoms with Crippen molar-refractivity contribution in [1.29, 1.82) is 0 Å². The molecule has 0 spiro atoms. The van der Waals surface area contributed by atoms with E-state index in [1.54, 1.807) is 18.6 Å². The first-order valence-electron chi connectivity index (χ1n) is 8.55. The van der Waals surface area contributed by atoms with E-state index >= 15 is 0 Å². The number of aromatic nitrogens is 3. The maximum Gasteiger partial charge on any atom is 0.213 e. The quantitative estimate of drug-likeness (QED) is 0.563. The summed E-state index contributed by atoms with van der Waals surface area (Å²) in [4.78, 5) is 8.37. The van der Waals surface area contributed by atoms with Crippen molar-refractivity contribution in [3.8, 4) is 17.2 Å². The smallest absolute Gasteiger partial charge is 0.213 e. The lowest BCUT2D eigenvalue weighted by atomic mass is 9.98. The third-order valence-electron chi connectivity index (χ3n) is 4.22. The Hall–Kier alpha value is -3.67. The Morgan fingerprint density at radius 3 is 2.44 bits per heavy atom. The number of ether oxygens (including phenoxy) is 1. The van der Waals surface area contributed by atoms with Crippen LogP contribution in [-0.2, 0) is 13.0 Å². The van der Waals surface area contributed by atoms with E-state index in [1.165, 1.54) is 0 Å². The van der Waals surface area contributed by atoms with Gasteiger partial charge in [-0.2, -0.15) is 0 Å². The highest BCUT2D eigenvalue weighted by atomic mass is 16.5. The van der Waals surface area contributed by atoms with E-state index < -0.39 is 0 Å². The Kier molecular flexibility index (Phi) is 4.78. The monoisotopic (exact) mass is 358 g/mol. The second-order valence-electron chi connectivity index (χ2n) is 6.05. The topological polar surface area (TPSA) is 87.1 Å². The number of nitrogens with zero attached hydrogens (tertiary/aromatic N) is 3. The zero-order chi connectivity index (χ0) is 18.5. The van der Waals surface area contributed by atoms with Gasteiger partial charge in [0.15, 0.2) is 5.76 Å². The van der Waals surface area contributed by atoms with Crippen LogP contribution in [0.4, 0.5) is 5.82 Å². The van der Waals surface area contributed by atoms with Crippen LogP contribution in [0.3, 0.4) is 0 Å². The first-order chi connectivity index (χ1) is 13.3. The van der Waals surface area contributed by atoms with E-state index in [-0.39, 0.29) is 0 Å². The van der Waals surface area contributed by atoms with Gasteiger partial charge in [-0.1, -0.05) is 35.5 Å². The minimum atomic E-state index is 0.468. The van der Waals surface area contributed by atoms with E-state index in [4.69, 9.17) is 15.0 Å². The molecular formula is C21H18N4O2. The summed E-state index contributed by atoms with van der Waals surface area (Å²) in [7, 11) is 0. The van der Waals surface area contributed by atoms with Crippen LogP contribution >= 0.6 is 0 Å². The van der Waals surface area contributed by atoms with Gasteiger partial charge in [0, 0.05) is 42.1 Å². The number of nitrogens with two attached hydrogens (primary N) is 1. The second kappa shape index (κ2) is 7.70. The second-order valence-corrected chi connectivity index (χ2v) is 6.05. The summed E-state index contributed by atoms with van der Waals surface area (Å²) in [5, 5.41) is 3.78. The van der Waals surface area contributed by atoms with E-state index in [2.05, 4.69) is 27.3 Å². The number of hydrogen-bond donors (Lipinski definition) is 1. The Morgan fingerprint density at radius 2 is 1.70 bits per heavy atom. The molecule has 134 valence electrons. The molecule has 0 aliphatic heterocycles. The third kappa shape index (κ3) is 3.95. The molecule has 0 saturated carbocycles. The lowest BCUT2D eigenvalue weighted by Gasteiger charge is -2.10. The molecule has 27 heavy (non-hydrogen) atoms. The number of nitrogen functional groups attached to an aromatic ring is 1. The average Bonchev–Trinajstić information content (AvgIpc) is 3.24. The molecule has 3 heterocycles. The predicted molar refractivity (Wildman–Crippen MR) is 102 cm³/mol. The SMILES string of the molecule is Nc1nccc(-c2ccno2)c1Cc1ccc(COc2ccccn2)cc1. The molecule has 0 amide bonds. The zero-order valence-corrected chi connectivity index (χ0v) is 14.6. The first-order valence-corrected chi connectivity index (χ1v) is 8.55. The lowest BCUT2D eigenvalue weighted by molar-refractivity contribution is 0.294. The van der Waals surface area contributed by atoms with Gasteiger partial charge in [-0.05, 0) is 23.3 Å². The van der Waals surface area contributed by atoms with Crippen LogP contribution in [-0.4, -0.2) is 15.1 Å². The van der Waals surface area contributed by atoms with Crippen molar-refractivity contribution >= 4 is 5.82 Å². The molecule has 1 aromatic carbocycles. The van der Waals surface area contributed by atoms with E-state index in [9.17, 15) is 0 Å². The normalized spacial score (nSPS) is 10.7. The zero-order valence-electron chi connectivity index (χ0n) is 14.6. The minimum absolute atomic E-state index is 0.468. The highest BCUT2D eigenvalue weighted by Gasteiger charge is 2.13. The van der Waals surface area contributed by atoms with Gasteiger partial charge in [-0.25, -0.2) is 9.97 Å². The summed E-state index contributed by atoms with van der Waals surface area (Å²) in [5.74, 6) is 1.78. The standard InChI is InChI=1S/C21H18N4O2/c22-21-18(17(8-11-24-21)19-9-12-25-27-19)13-15-4-6-16(7-5-15)14-26-20-3-1-2-10-23-20/h1-12H,13-14H2,(H2,22,24). The molecule has 0 radical (unpaired) electrons. The molecule has 6 heteroatoms. The van der Waals surface area contributed by atoms with E-state index in [1.807, 2.05) is 42.5 Å². The Balaban J connectivity index is 1.49. The summed E-state index contributed by atoms with van der Waals surface area (Å²) in [5.41, 5.74) is 10.1. The van der Waals surface area contributed by atoms with Gasteiger partial charge in [0.2, 0.25) is 5.88 Å². The number of rotatable bonds is 6. The van der Waals surface area contributed by atoms with Gasteiger partial charge < -0.3 is 15.0 Å². The molecule has 0 unspecified atom stereocenters. The summed E-state index contributed by atoms with van der Waals surface area (Å²) >= 11 is 0. The van der Waals surface area contributed by atoms with Crippen LogP contribution in [0.5, 0.6) is 5.88 Å². The summed E-state index contributed by atoms with van der Waals surface area (Å²) in [6.45, 7) is 0.468. The van der Waals surface area contributed by atoms with Gasteiger partial charge in [-0.15, -0.1) is 0 Å². The van der Waals surface area contributed by atoms with Gasteiger partial charge in [0.05, 0.1) is 6.20 Å². The van der Waals surface area contributed by atoms with Gasteiger partial charge in [-0.3, -0.25) is 0 Å². The Labute approximate surface area is 156 Å². The molecule has 0 atom stereocenters. The predicted octanol–water partition coefficient (Wildman–Crippen LogP) is 3.88. The Morgan fingerprint density at radius 1 is 0.852 bits per heavy atom. The van der Waals surface area contributed by atoms with E-state index in [0.29, 0.717) is 30.5 Å². The van der Waals surface area contributed by atoms with Crippen molar-refractivity contribution in [3.05, 3.63) is 89.9 Å². The van der Waals surface area contributed by atoms with Gasteiger partial charge >= 0.3 is 0 Å². The number of hydrogen-bond acceptors (Lipinski definition) is 6. The fraction of sp³-hybridized carbons (Fsp3) is 0.0952. The van der Waals surface area contributed by atoms with Gasteiger partial charge in [0.1, 0.15) is 12.4 Å². The van der Waals surface area contributed by atoms with Crippen molar-refractivity contribution in [2.75, 3.05) is 5.73 Å². The molecule has 4 rings (SSSR count). The molecule has 3 aromatic heterocycles. The van der Waals surface area contributed by atoms with Crippen LogP contribution in [0, 0.1) is 0 Å². The molecule has 4 aromatic rings. The largest absolute Gasteiger partial charge is 0.473 e. The number of pyridine rings is 2. The summed E-state index contributed by atoms with van der Waals surface area (Å²) < 4.78 is 11.0. The van der Waals surface area contributed by atoms with Crippen molar-refractivity contribution in [2.24, 2.45) is 0 Å². The molecule has 0 aliphatic carbocycles. The molecule has 0 aliphatic rings. The number of anilines is 1. The molecule has 0 bridgehead atoms. The highest BCUT2D eigenvalue weighted by molar-refractivity contribution is 5.67. The Bertz CT molecular complexity index is 1000. The van der Waals surface area contributed by atoms with Crippen LogP contribution < -0.4 is 10.5 Å². The van der Waals surface area contributed by atoms with Crippen LogP contribution in [0.1, 0.15) is 16.7 Å². The fourth-order valence-corrected chi connectivity index (χ4v) is 2.83. The molecule has 0 saturated heterocycles. The molecule has 0 fully saturated rings. The van der Waals surface area contributed by atoms with Crippen LogP contribution in [0.2, 0.25) is 0 Å². The minimum Gasteiger partial charge on any atom is -0.473 e. The van der Waals surface area contributed by atoms with E-state index in [0.717, 1.165) is 22.3 Å². The highest BCUT2D eigenvalue weighted by Crippen LogP contribution is 2.28.